The van der Waals surface area contributed by atoms with Crippen LogP contribution in [0.2, 0.25) is 0 Å². The number of rotatable bonds is 2. The van der Waals surface area contributed by atoms with Gasteiger partial charge < -0.3 is 5.32 Å². The van der Waals surface area contributed by atoms with Gasteiger partial charge in [-0.25, -0.2) is 0 Å². The summed E-state index contributed by atoms with van der Waals surface area (Å²) in [5.41, 5.74) is 0.516. The van der Waals surface area contributed by atoms with E-state index in [9.17, 15) is 4.79 Å². The van der Waals surface area contributed by atoms with Crippen LogP contribution in [-0.4, -0.2) is 16.9 Å². The molecular formula is C17H20N2O. The van der Waals surface area contributed by atoms with Crippen LogP contribution in [0.15, 0.2) is 36.5 Å². The van der Waals surface area contributed by atoms with E-state index in [0.717, 1.165) is 29.5 Å². The highest BCUT2D eigenvalue weighted by Gasteiger charge is 2.20. The third-order valence-electron chi connectivity index (χ3n) is 4.21. The Hall–Kier alpha value is -1.90. The van der Waals surface area contributed by atoms with Gasteiger partial charge in [-0.2, -0.15) is 0 Å². The molecule has 1 aromatic carbocycles. The average molecular weight is 268 g/mol. The minimum Gasteiger partial charge on any atom is -0.348 e. The van der Waals surface area contributed by atoms with Crippen molar-refractivity contribution in [3.05, 3.63) is 42.2 Å². The normalized spacial score (nSPS) is 22.6. The highest BCUT2D eigenvalue weighted by Crippen LogP contribution is 2.23. The second-order valence-corrected chi connectivity index (χ2v) is 5.85. The predicted octanol–water partition coefficient (Wildman–Crippen LogP) is 3.54. The molecule has 3 nitrogen and oxygen atoms in total. The molecular weight excluding hydrogens is 248 g/mol. The molecule has 1 N–H and O–H groups in total. The van der Waals surface area contributed by atoms with E-state index in [1.165, 1.54) is 12.8 Å². The van der Waals surface area contributed by atoms with Gasteiger partial charge in [0.2, 0.25) is 0 Å². The number of hydrogen-bond donors (Lipinski definition) is 1. The van der Waals surface area contributed by atoms with E-state index in [-0.39, 0.29) is 5.91 Å². The molecule has 0 saturated heterocycles. The first-order valence-corrected chi connectivity index (χ1v) is 7.38. The number of hydrogen-bond acceptors (Lipinski definition) is 2. The van der Waals surface area contributed by atoms with Gasteiger partial charge in [0.15, 0.2) is 0 Å². The van der Waals surface area contributed by atoms with Gasteiger partial charge in [-0.15, -0.1) is 0 Å². The number of fused-ring (bicyclic) bond motifs is 1. The highest BCUT2D eigenvalue weighted by molar-refractivity contribution is 5.96. The molecule has 104 valence electrons. The van der Waals surface area contributed by atoms with Gasteiger partial charge in [0.1, 0.15) is 5.69 Å². The van der Waals surface area contributed by atoms with Gasteiger partial charge in [0, 0.05) is 17.6 Å². The molecule has 1 fully saturated rings. The number of carbonyl (C=O) groups is 1. The van der Waals surface area contributed by atoms with Crippen LogP contribution >= 0.6 is 0 Å². The first-order valence-electron chi connectivity index (χ1n) is 7.38. The van der Waals surface area contributed by atoms with E-state index in [2.05, 4.69) is 17.2 Å². The molecule has 1 heterocycles. The number of nitrogens with zero attached hydrogens (tertiary/aromatic N) is 1. The number of benzene rings is 1. The van der Waals surface area contributed by atoms with Gasteiger partial charge in [0.25, 0.3) is 5.91 Å². The van der Waals surface area contributed by atoms with Crippen LogP contribution in [0.25, 0.3) is 10.8 Å². The molecule has 0 atom stereocenters. The van der Waals surface area contributed by atoms with Gasteiger partial charge in [-0.3, -0.25) is 9.78 Å². The third kappa shape index (κ3) is 2.82. The summed E-state index contributed by atoms with van der Waals surface area (Å²) in [6, 6.07) is 10.2. The maximum Gasteiger partial charge on any atom is 0.270 e. The molecule has 1 saturated carbocycles. The maximum absolute atomic E-state index is 12.3. The number of carbonyl (C=O) groups excluding carboxylic acids is 1. The maximum atomic E-state index is 12.3. The first kappa shape index (κ1) is 13.1. The quantitative estimate of drug-likeness (QED) is 0.905. The lowest BCUT2D eigenvalue weighted by Gasteiger charge is -2.26. The van der Waals surface area contributed by atoms with Gasteiger partial charge in [-0.1, -0.05) is 31.2 Å². The Morgan fingerprint density at radius 1 is 1.15 bits per heavy atom. The topological polar surface area (TPSA) is 42.0 Å². The van der Waals surface area contributed by atoms with Crippen molar-refractivity contribution in [3.8, 4) is 0 Å². The molecule has 0 radical (unpaired) electrons. The SMILES string of the molecule is C[C@H]1CC[C@H](NC(=O)c2cc3ccccc3cn2)CC1. The molecule has 3 rings (SSSR count). The summed E-state index contributed by atoms with van der Waals surface area (Å²) >= 11 is 0. The molecule has 3 heteroatoms. The first-order chi connectivity index (χ1) is 9.72. The summed E-state index contributed by atoms with van der Waals surface area (Å²) in [6.45, 7) is 2.28. The van der Waals surface area contributed by atoms with Crippen molar-refractivity contribution in [2.24, 2.45) is 5.92 Å². The largest absolute Gasteiger partial charge is 0.348 e. The minimum absolute atomic E-state index is 0.0460. The van der Waals surface area contributed by atoms with E-state index in [4.69, 9.17) is 0 Å². The zero-order chi connectivity index (χ0) is 13.9. The van der Waals surface area contributed by atoms with E-state index < -0.39 is 0 Å². The summed E-state index contributed by atoms with van der Waals surface area (Å²) in [7, 11) is 0. The molecule has 1 aromatic heterocycles. The molecule has 1 aliphatic rings. The van der Waals surface area contributed by atoms with Crippen LogP contribution < -0.4 is 5.32 Å². The van der Waals surface area contributed by atoms with Gasteiger partial charge in [0.05, 0.1) is 0 Å². The second-order valence-electron chi connectivity index (χ2n) is 5.85. The minimum atomic E-state index is -0.0460. The smallest absolute Gasteiger partial charge is 0.270 e. The summed E-state index contributed by atoms with van der Waals surface area (Å²) in [5, 5.41) is 5.24. The lowest BCUT2D eigenvalue weighted by molar-refractivity contribution is 0.0918. The number of aromatic nitrogens is 1. The van der Waals surface area contributed by atoms with Crippen LogP contribution in [0.5, 0.6) is 0 Å². The van der Waals surface area contributed by atoms with Crippen molar-refractivity contribution < 1.29 is 4.79 Å². The van der Waals surface area contributed by atoms with Crippen molar-refractivity contribution >= 4 is 16.7 Å². The van der Waals surface area contributed by atoms with Crippen molar-refractivity contribution in [3.63, 3.8) is 0 Å². The zero-order valence-corrected chi connectivity index (χ0v) is 11.8. The highest BCUT2D eigenvalue weighted by atomic mass is 16.1. The molecule has 20 heavy (non-hydrogen) atoms. The Morgan fingerprint density at radius 2 is 1.85 bits per heavy atom. The Balaban J connectivity index is 1.72. The van der Waals surface area contributed by atoms with Crippen LogP contribution in [0.3, 0.4) is 0 Å². The Morgan fingerprint density at radius 3 is 2.60 bits per heavy atom. The average Bonchev–Trinajstić information content (AvgIpc) is 2.49. The zero-order valence-electron chi connectivity index (χ0n) is 11.8. The molecule has 1 amide bonds. The van der Waals surface area contributed by atoms with Crippen molar-refractivity contribution in [2.45, 2.75) is 38.6 Å². The van der Waals surface area contributed by atoms with Gasteiger partial charge >= 0.3 is 0 Å². The number of nitrogens with one attached hydrogen (secondary N) is 1. The second kappa shape index (κ2) is 5.61. The molecule has 2 aromatic rings. The van der Waals surface area contributed by atoms with Crippen molar-refractivity contribution in [1.82, 2.24) is 10.3 Å². The van der Waals surface area contributed by atoms with E-state index in [0.29, 0.717) is 11.7 Å². The molecule has 0 unspecified atom stereocenters. The Labute approximate surface area is 119 Å². The lowest BCUT2D eigenvalue weighted by Crippen LogP contribution is -2.37. The fourth-order valence-corrected chi connectivity index (χ4v) is 2.87. The monoisotopic (exact) mass is 268 g/mol. The lowest BCUT2D eigenvalue weighted by atomic mass is 9.87. The standard InChI is InChI=1S/C17H20N2O/c1-12-6-8-15(9-7-12)19-17(20)16-10-13-4-2-3-5-14(13)11-18-16/h2-5,10-12,15H,6-9H2,1H3,(H,19,20)/t12-,15-. The van der Waals surface area contributed by atoms with Gasteiger partial charge in [-0.05, 0) is 43.1 Å². The third-order valence-corrected chi connectivity index (χ3v) is 4.21. The number of pyridine rings is 1. The van der Waals surface area contributed by atoms with E-state index >= 15 is 0 Å². The Kier molecular flexibility index (Phi) is 3.68. The van der Waals surface area contributed by atoms with E-state index in [1.807, 2.05) is 30.3 Å². The van der Waals surface area contributed by atoms with Crippen LogP contribution in [-0.2, 0) is 0 Å². The molecule has 1 aliphatic carbocycles. The molecule has 0 spiro atoms. The van der Waals surface area contributed by atoms with Crippen LogP contribution in [0, 0.1) is 5.92 Å². The van der Waals surface area contributed by atoms with Crippen molar-refractivity contribution in [2.75, 3.05) is 0 Å². The predicted molar refractivity (Wildman–Crippen MR) is 80.6 cm³/mol. The fraction of sp³-hybridized carbons (Fsp3) is 0.412. The summed E-state index contributed by atoms with van der Waals surface area (Å²) < 4.78 is 0. The molecule has 0 aliphatic heterocycles. The van der Waals surface area contributed by atoms with Crippen molar-refractivity contribution in [1.29, 1.82) is 0 Å². The van der Waals surface area contributed by atoms with Crippen LogP contribution in [0.1, 0.15) is 43.1 Å². The van der Waals surface area contributed by atoms with E-state index in [1.54, 1.807) is 6.20 Å². The Bertz CT molecular complexity index is 615. The molecule has 0 bridgehead atoms. The van der Waals surface area contributed by atoms with Crippen LogP contribution in [0.4, 0.5) is 0 Å². The summed E-state index contributed by atoms with van der Waals surface area (Å²) in [5.74, 6) is 0.747. The fourth-order valence-electron chi connectivity index (χ4n) is 2.87. The summed E-state index contributed by atoms with van der Waals surface area (Å²) in [6.07, 6.45) is 6.35. The number of amides is 1. The summed E-state index contributed by atoms with van der Waals surface area (Å²) in [4.78, 5) is 16.5.